The number of hydrogen-bond donors (Lipinski definition) is 3. The number of nitrogens with one attached hydrogen (secondary N) is 1. The zero-order valence-electron chi connectivity index (χ0n) is 10.3. The van der Waals surface area contributed by atoms with E-state index in [0.717, 1.165) is 37.8 Å². The van der Waals surface area contributed by atoms with Crippen molar-refractivity contribution in [1.29, 1.82) is 0 Å². The molecule has 0 aromatic carbocycles. The SMILES string of the molecule is CCNC1CCC(O)(c2cnccc2N)CC1. The predicted molar refractivity (Wildman–Crippen MR) is 68.5 cm³/mol. The van der Waals surface area contributed by atoms with Crippen LogP contribution in [0.1, 0.15) is 38.2 Å². The number of hydrogen-bond acceptors (Lipinski definition) is 4. The van der Waals surface area contributed by atoms with Crippen molar-refractivity contribution in [2.75, 3.05) is 12.3 Å². The van der Waals surface area contributed by atoms with E-state index >= 15 is 0 Å². The summed E-state index contributed by atoms with van der Waals surface area (Å²) < 4.78 is 0. The number of aliphatic hydroxyl groups is 1. The number of nitrogens with two attached hydrogens (primary N) is 1. The van der Waals surface area contributed by atoms with Gasteiger partial charge >= 0.3 is 0 Å². The molecule has 1 aliphatic carbocycles. The summed E-state index contributed by atoms with van der Waals surface area (Å²) in [6, 6.07) is 2.28. The Hall–Kier alpha value is -1.13. The molecule has 0 amide bonds. The van der Waals surface area contributed by atoms with Crippen molar-refractivity contribution in [1.82, 2.24) is 10.3 Å². The van der Waals surface area contributed by atoms with Crippen molar-refractivity contribution >= 4 is 5.69 Å². The van der Waals surface area contributed by atoms with Gasteiger partial charge in [0.15, 0.2) is 0 Å². The maximum atomic E-state index is 10.7. The first-order valence-corrected chi connectivity index (χ1v) is 6.31. The second kappa shape index (κ2) is 5.02. The summed E-state index contributed by atoms with van der Waals surface area (Å²) >= 11 is 0. The molecular formula is C13H21N3O. The van der Waals surface area contributed by atoms with Gasteiger partial charge in [-0.2, -0.15) is 0 Å². The quantitative estimate of drug-likeness (QED) is 0.740. The van der Waals surface area contributed by atoms with Gasteiger partial charge in [0.05, 0.1) is 5.60 Å². The largest absolute Gasteiger partial charge is 0.398 e. The standard InChI is InChI=1S/C13H21N3O/c1-2-16-10-3-6-13(17,7-4-10)11-9-15-8-5-12(11)14/h5,8-10,16-17H,2-4,6-7H2,1H3,(H2,14,15). The van der Waals surface area contributed by atoms with Gasteiger partial charge in [-0.05, 0) is 38.3 Å². The van der Waals surface area contributed by atoms with Gasteiger partial charge in [-0.25, -0.2) is 0 Å². The number of rotatable bonds is 3. The lowest BCUT2D eigenvalue weighted by Crippen LogP contribution is -2.40. The van der Waals surface area contributed by atoms with E-state index in [0.29, 0.717) is 11.7 Å². The van der Waals surface area contributed by atoms with E-state index < -0.39 is 5.60 Å². The predicted octanol–water partition coefficient (Wildman–Crippen LogP) is 1.40. The van der Waals surface area contributed by atoms with Gasteiger partial charge in [0.2, 0.25) is 0 Å². The highest BCUT2D eigenvalue weighted by atomic mass is 16.3. The Morgan fingerprint density at radius 2 is 2.24 bits per heavy atom. The molecule has 1 heterocycles. The van der Waals surface area contributed by atoms with E-state index in [1.807, 2.05) is 0 Å². The smallest absolute Gasteiger partial charge is 0.0932 e. The summed E-state index contributed by atoms with van der Waals surface area (Å²) in [7, 11) is 0. The van der Waals surface area contributed by atoms with Crippen LogP contribution in [0.3, 0.4) is 0 Å². The fourth-order valence-electron chi connectivity index (χ4n) is 2.65. The molecule has 0 atom stereocenters. The fraction of sp³-hybridized carbons (Fsp3) is 0.615. The third-order valence-electron chi connectivity index (χ3n) is 3.66. The average Bonchev–Trinajstić information content (AvgIpc) is 2.33. The number of anilines is 1. The van der Waals surface area contributed by atoms with E-state index in [1.165, 1.54) is 0 Å². The Labute approximate surface area is 102 Å². The van der Waals surface area contributed by atoms with Crippen molar-refractivity contribution in [2.24, 2.45) is 0 Å². The van der Waals surface area contributed by atoms with Gasteiger partial charge in [0.1, 0.15) is 0 Å². The van der Waals surface area contributed by atoms with E-state index in [4.69, 9.17) is 5.73 Å². The zero-order valence-corrected chi connectivity index (χ0v) is 10.3. The number of nitrogens with zero attached hydrogens (tertiary/aromatic N) is 1. The summed E-state index contributed by atoms with van der Waals surface area (Å²) in [4.78, 5) is 4.07. The molecule has 1 aliphatic rings. The molecule has 4 N–H and O–H groups in total. The Morgan fingerprint density at radius 1 is 1.53 bits per heavy atom. The van der Waals surface area contributed by atoms with Crippen molar-refractivity contribution in [3.05, 3.63) is 24.0 Å². The molecule has 17 heavy (non-hydrogen) atoms. The second-order valence-corrected chi connectivity index (χ2v) is 4.83. The molecule has 0 radical (unpaired) electrons. The normalized spacial score (nSPS) is 29.2. The van der Waals surface area contributed by atoms with Crippen molar-refractivity contribution < 1.29 is 5.11 Å². The lowest BCUT2D eigenvalue weighted by molar-refractivity contribution is -0.00774. The van der Waals surface area contributed by atoms with Crippen LogP contribution >= 0.6 is 0 Å². The van der Waals surface area contributed by atoms with Gasteiger partial charge in [0.25, 0.3) is 0 Å². The Bertz CT molecular complexity index is 373. The molecule has 0 spiro atoms. The molecule has 1 saturated carbocycles. The first-order chi connectivity index (χ1) is 8.15. The van der Waals surface area contributed by atoms with Crippen LogP contribution < -0.4 is 11.1 Å². The lowest BCUT2D eigenvalue weighted by atomic mass is 9.77. The van der Waals surface area contributed by atoms with Gasteiger partial charge < -0.3 is 16.2 Å². The van der Waals surface area contributed by atoms with Crippen molar-refractivity contribution in [3.8, 4) is 0 Å². The van der Waals surface area contributed by atoms with Crippen LogP contribution in [0.15, 0.2) is 18.5 Å². The molecule has 94 valence electrons. The monoisotopic (exact) mass is 235 g/mol. The fourth-order valence-corrected chi connectivity index (χ4v) is 2.65. The maximum Gasteiger partial charge on any atom is 0.0932 e. The molecule has 0 saturated heterocycles. The summed E-state index contributed by atoms with van der Waals surface area (Å²) in [5, 5.41) is 14.1. The molecular weight excluding hydrogens is 214 g/mol. The second-order valence-electron chi connectivity index (χ2n) is 4.83. The van der Waals surface area contributed by atoms with Gasteiger partial charge in [-0.15, -0.1) is 0 Å². The van der Waals surface area contributed by atoms with Crippen LogP contribution in [-0.2, 0) is 5.60 Å². The van der Waals surface area contributed by atoms with Crippen LogP contribution in [0.4, 0.5) is 5.69 Å². The average molecular weight is 235 g/mol. The molecule has 2 rings (SSSR count). The van der Waals surface area contributed by atoms with Crippen molar-refractivity contribution in [3.63, 3.8) is 0 Å². The van der Waals surface area contributed by atoms with Crippen LogP contribution in [0.5, 0.6) is 0 Å². The molecule has 4 heteroatoms. The highest BCUT2D eigenvalue weighted by Crippen LogP contribution is 2.38. The third-order valence-corrected chi connectivity index (χ3v) is 3.66. The summed E-state index contributed by atoms with van der Waals surface area (Å²) in [5.41, 5.74) is 6.56. The Balaban J connectivity index is 2.10. The topological polar surface area (TPSA) is 71.2 Å². The van der Waals surface area contributed by atoms with E-state index in [-0.39, 0.29) is 0 Å². The molecule has 0 bridgehead atoms. The minimum Gasteiger partial charge on any atom is -0.398 e. The van der Waals surface area contributed by atoms with Gasteiger partial charge in [-0.1, -0.05) is 6.92 Å². The van der Waals surface area contributed by atoms with Crippen LogP contribution in [0.2, 0.25) is 0 Å². The van der Waals surface area contributed by atoms with Gasteiger partial charge in [-0.3, -0.25) is 4.98 Å². The zero-order chi connectivity index (χ0) is 12.3. The molecule has 1 aromatic heterocycles. The Morgan fingerprint density at radius 3 is 2.82 bits per heavy atom. The minimum atomic E-state index is -0.787. The minimum absolute atomic E-state index is 0.526. The van der Waals surface area contributed by atoms with Gasteiger partial charge in [0, 0.05) is 29.7 Å². The van der Waals surface area contributed by atoms with E-state index in [9.17, 15) is 5.11 Å². The van der Waals surface area contributed by atoms with Crippen molar-refractivity contribution in [2.45, 2.75) is 44.2 Å². The first kappa shape index (κ1) is 12.3. The molecule has 4 nitrogen and oxygen atoms in total. The third kappa shape index (κ3) is 2.58. The Kier molecular flexibility index (Phi) is 3.64. The van der Waals surface area contributed by atoms with Crippen LogP contribution in [0, 0.1) is 0 Å². The van der Waals surface area contributed by atoms with Crippen LogP contribution in [-0.4, -0.2) is 22.7 Å². The molecule has 1 fully saturated rings. The number of aromatic nitrogens is 1. The molecule has 1 aromatic rings. The summed E-state index contributed by atoms with van der Waals surface area (Å²) in [6.45, 7) is 3.10. The summed E-state index contributed by atoms with van der Waals surface area (Å²) in [5.74, 6) is 0. The van der Waals surface area contributed by atoms with E-state index in [2.05, 4.69) is 17.2 Å². The van der Waals surface area contributed by atoms with E-state index in [1.54, 1.807) is 18.5 Å². The summed E-state index contributed by atoms with van der Waals surface area (Å²) in [6.07, 6.45) is 6.83. The number of nitrogen functional groups attached to an aromatic ring is 1. The molecule has 0 unspecified atom stereocenters. The lowest BCUT2D eigenvalue weighted by Gasteiger charge is -2.37. The maximum absolute atomic E-state index is 10.7. The highest BCUT2D eigenvalue weighted by molar-refractivity contribution is 5.47. The number of pyridine rings is 1. The molecule has 0 aliphatic heterocycles. The van der Waals surface area contributed by atoms with Crippen LogP contribution in [0.25, 0.3) is 0 Å². The first-order valence-electron chi connectivity index (χ1n) is 6.31. The highest BCUT2D eigenvalue weighted by Gasteiger charge is 2.35.